The zero-order valence-electron chi connectivity index (χ0n) is 16.3. The van der Waals surface area contributed by atoms with Gasteiger partial charge in [0.1, 0.15) is 0 Å². The van der Waals surface area contributed by atoms with E-state index in [9.17, 15) is 0 Å². The smallest absolute Gasteiger partial charge is 0.193 e. The fourth-order valence-corrected chi connectivity index (χ4v) is 3.20. The van der Waals surface area contributed by atoms with Gasteiger partial charge >= 0.3 is 0 Å². The van der Waals surface area contributed by atoms with Crippen LogP contribution in [-0.2, 0) is 4.74 Å². The van der Waals surface area contributed by atoms with Gasteiger partial charge < -0.3 is 15.0 Å². The Hall–Kier alpha value is -1.07. The third kappa shape index (κ3) is 7.67. The molecule has 1 rings (SSSR count). The molecule has 0 aliphatic carbocycles. The second-order valence-corrected chi connectivity index (χ2v) is 6.95. The van der Waals surface area contributed by atoms with E-state index in [1.165, 1.54) is 19.3 Å². The van der Waals surface area contributed by atoms with Crippen molar-refractivity contribution < 1.29 is 4.74 Å². The van der Waals surface area contributed by atoms with Crippen molar-refractivity contribution in [3.63, 3.8) is 0 Å². The molecule has 0 bridgehead atoms. The molecule has 140 valence electrons. The molecule has 5 heteroatoms. The van der Waals surface area contributed by atoms with Gasteiger partial charge in [0.05, 0.1) is 13.2 Å². The van der Waals surface area contributed by atoms with E-state index in [-0.39, 0.29) is 0 Å². The van der Waals surface area contributed by atoms with Gasteiger partial charge in [0, 0.05) is 46.3 Å². The molecule has 1 aliphatic rings. The van der Waals surface area contributed by atoms with Crippen molar-refractivity contribution in [2.45, 2.75) is 45.6 Å². The largest absolute Gasteiger partial charge is 0.379 e. The van der Waals surface area contributed by atoms with Gasteiger partial charge in [0.2, 0.25) is 0 Å². The van der Waals surface area contributed by atoms with E-state index in [0.29, 0.717) is 12.0 Å². The predicted octanol–water partition coefficient (Wildman–Crippen LogP) is 2.60. The number of nitrogens with zero attached hydrogens (tertiary/aromatic N) is 3. The lowest BCUT2D eigenvalue weighted by Crippen LogP contribution is -2.52. The number of guanidine groups is 1. The summed E-state index contributed by atoms with van der Waals surface area (Å²) in [5, 5.41) is 3.58. The maximum Gasteiger partial charge on any atom is 0.193 e. The number of rotatable bonds is 10. The lowest BCUT2D eigenvalue weighted by atomic mass is 10.0. The van der Waals surface area contributed by atoms with Gasteiger partial charge in [-0.2, -0.15) is 0 Å². The second-order valence-electron chi connectivity index (χ2n) is 6.95. The lowest BCUT2D eigenvalue weighted by molar-refractivity contribution is 0.00742. The maximum absolute atomic E-state index is 5.49. The van der Waals surface area contributed by atoms with Gasteiger partial charge in [-0.05, 0) is 25.2 Å². The molecular formula is C19H38N4O. The summed E-state index contributed by atoms with van der Waals surface area (Å²) in [7, 11) is 4.00. The standard InChI is InChI=1S/C19H38N4O/c1-6-7-8-9-10-11-22(5)19(20-4)21-16-18(17(2)3)23-12-14-24-15-13-23/h6,17-18H,1,7-16H2,2-5H3,(H,20,21). The average molecular weight is 339 g/mol. The second kappa shape index (κ2) is 12.3. The molecule has 0 spiro atoms. The van der Waals surface area contributed by atoms with Crippen molar-refractivity contribution in [2.75, 3.05) is 53.5 Å². The Balaban J connectivity index is 2.40. The average Bonchev–Trinajstić information content (AvgIpc) is 2.59. The zero-order valence-corrected chi connectivity index (χ0v) is 16.3. The van der Waals surface area contributed by atoms with Crippen molar-refractivity contribution in [2.24, 2.45) is 10.9 Å². The molecule has 0 aromatic carbocycles. The van der Waals surface area contributed by atoms with Crippen LogP contribution in [0.3, 0.4) is 0 Å². The summed E-state index contributed by atoms with van der Waals surface area (Å²) in [5.41, 5.74) is 0. The van der Waals surface area contributed by atoms with Crippen LogP contribution in [0.15, 0.2) is 17.6 Å². The van der Waals surface area contributed by atoms with E-state index in [1.807, 2.05) is 13.1 Å². The first kappa shape index (κ1) is 21.0. The number of hydrogen-bond donors (Lipinski definition) is 1. The Morgan fingerprint density at radius 2 is 2.00 bits per heavy atom. The molecule has 5 nitrogen and oxygen atoms in total. The van der Waals surface area contributed by atoms with Gasteiger partial charge in [-0.3, -0.25) is 9.89 Å². The third-order valence-electron chi connectivity index (χ3n) is 4.73. The van der Waals surface area contributed by atoms with Crippen LogP contribution in [0.4, 0.5) is 0 Å². The van der Waals surface area contributed by atoms with E-state index in [0.717, 1.165) is 51.8 Å². The van der Waals surface area contributed by atoms with E-state index in [1.54, 1.807) is 0 Å². The summed E-state index contributed by atoms with van der Waals surface area (Å²) in [4.78, 5) is 9.24. The summed E-state index contributed by atoms with van der Waals surface area (Å²) < 4.78 is 5.49. The van der Waals surface area contributed by atoms with Crippen LogP contribution in [-0.4, -0.2) is 75.3 Å². The number of hydrogen-bond acceptors (Lipinski definition) is 3. The minimum Gasteiger partial charge on any atom is -0.379 e. The van der Waals surface area contributed by atoms with E-state index >= 15 is 0 Å². The summed E-state index contributed by atoms with van der Waals surface area (Å²) in [6.45, 7) is 14.1. The normalized spacial score (nSPS) is 17.8. The van der Waals surface area contributed by atoms with Crippen molar-refractivity contribution in [1.82, 2.24) is 15.1 Å². The maximum atomic E-state index is 5.49. The molecule has 0 saturated carbocycles. The van der Waals surface area contributed by atoms with E-state index in [4.69, 9.17) is 4.74 Å². The first-order valence-electron chi connectivity index (χ1n) is 9.44. The van der Waals surface area contributed by atoms with Crippen molar-refractivity contribution in [3.05, 3.63) is 12.7 Å². The molecule has 0 amide bonds. The molecule has 1 fully saturated rings. The van der Waals surface area contributed by atoms with Crippen molar-refractivity contribution in [1.29, 1.82) is 0 Å². The number of unbranched alkanes of at least 4 members (excludes halogenated alkanes) is 3. The van der Waals surface area contributed by atoms with Crippen LogP contribution < -0.4 is 5.32 Å². The summed E-state index contributed by atoms with van der Waals surface area (Å²) in [6, 6.07) is 0.520. The van der Waals surface area contributed by atoms with Crippen LogP contribution in [0, 0.1) is 5.92 Å². The predicted molar refractivity (Wildman–Crippen MR) is 104 cm³/mol. The van der Waals surface area contributed by atoms with Crippen LogP contribution in [0.2, 0.25) is 0 Å². The topological polar surface area (TPSA) is 40.1 Å². The molecule has 1 aliphatic heterocycles. The molecule has 0 aromatic rings. The zero-order chi connectivity index (χ0) is 17.8. The van der Waals surface area contributed by atoms with Crippen molar-refractivity contribution in [3.8, 4) is 0 Å². The van der Waals surface area contributed by atoms with Gasteiger partial charge in [-0.15, -0.1) is 6.58 Å². The Morgan fingerprint density at radius 3 is 2.58 bits per heavy atom. The highest BCUT2D eigenvalue weighted by Gasteiger charge is 2.24. The molecular weight excluding hydrogens is 300 g/mol. The molecule has 1 N–H and O–H groups in total. The minimum atomic E-state index is 0.520. The molecule has 1 saturated heterocycles. The highest BCUT2D eigenvalue weighted by molar-refractivity contribution is 5.79. The fraction of sp³-hybridized carbons (Fsp3) is 0.842. The number of morpholine rings is 1. The summed E-state index contributed by atoms with van der Waals surface area (Å²) in [6.07, 6.45) is 6.79. The van der Waals surface area contributed by atoms with E-state index < -0.39 is 0 Å². The number of allylic oxidation sites excluding steroid dienone is 1. The first-order chi connectivity index (χ1) is 11.6. The van der Waals surface area contributed by atoms with Crippen LogP contribution in [0.25, 0.3) is 0 Å². The Labute approximate surface area is 149 Å². The lowest BCUT2D eigenvalue weighted by Gasteiger charge is -2.37. The monoisotopic (exact) mass is 338 g/mol. The minimum absolute atomic E-state index is 0.520. The highest BCUT2D eigenvalue weighted by atomic mass is 16.5. The van der Waals surface area contributed by atoms with E-state index in [2.05, 4.69) is 47.6 Å². The quantitative estimate of drug-likeness (QED) is 0.288. The Kier molecular flexibility index (Phi) is 10.8. The Bertz CT molecular complexity index is 364. The highest BCUT2D eigenvalue weighted by Crippen LogP contribution is 2.12. The van der Waals surface area contributed by atoms with Crippen LogP contribution >= 0.6 is 0 Å². The van der Waals surface area contributed by atoms with Crippen LogP contribution in [0.5, 0.6) is 0 Å². The Morgan fingerprint density at radius 1 is 1.29 bits per heavy atom. The number of ether oxygens (including phenoxy) is 1. The molecule has 0 radical (unpaired) electrons. The van der Waals surface area contributed by atoms with Gasteiger partial charge in [0.25, 0.3) is 0 Å². The van der Waals surface area contributed by atoms with Crippen molar-refractivity contribution >= 4 is 5.96 Å². The molecule has 1 atom stereocenters. The summed E-state index contributed by atoms with van der Waals surface area (Å²) >= 11 is 0. The van der Waals surface area contributed by atoms with Crippen LogP contribution in [0.1, 0.15) is 39.5 Å². The first-order valence-corrected chi connectivity index (χ1v) is 9.44. The molecule has 1 heterocycles. The van der Waals surface area contributed by atoms with Gasteiger partial charge in [-0.1, -0.05) is 26.3 Å². The summed E-state index contributed by atoms with van der Waals surface area (Å²) in [5.74, 6) is 1.61. The molecule has 24 heavy (non-hydrogen) atoms. The van der Waals surface area contributed by atoms with Gasteiger partial charge in [-0.25, -0.2) is 0 Å². The number of aliphatic imine (C=N–C) groups is 1. The SMILES string of the molecule is C=CCCCCCN(C)C(=NC)NCC(C(C)C)N1CCOCC1. The van der Waals surface area contributed by atoms with Gasteiger partial charge in [0.15, 0.2) is 5.96 Å². The molecule has 1 unspecified atom stereocenters. The third-order valence-corrected chi connectivity index (χ3v) is 4.73. The number of nitrogens with one attached hydrogen (secondary N) is 1. The molecule has 0 aromatic heterocycles. The fourth-order valence-electron chi connectivity index (χ4n) is 3.20.